The van der Waals surface area contributed by atoms with Crippen molar-refractivity contribution in [3.63, 3.8) is 0 Å². The maximum absolute atomic E-state index is 11.8. The number of carbonyl (C=O) groups excluding carboxylic acids is 1. The Balaban J connectivity index is 1.63. The van der Waals surface area contributed by atoms with Crippen molar-refractivity contribution in [1.29, 1.82) is 0 Å². The molecule has 0 saturated carbocycles. The second-order valence-electron chi connectivity index (χ2n) is 5.12. The zero-order chi connectivity index (χ0) is 13.0. The van der Waals surface area contributed by atoms with E-state index >= 15 is 0 Å². The fourth-order valence-electron chi connectivity index (χ4n) is 2.16. The minimum Gasteiger partial charge on any atom is -0.356 e. The Morgan fingerprint density at radius 3 is 2.94 bits per heavy atom. The van der Waals surface area contributed by atoms with Crippen LogP contribution in [0.1, 0.15) is 24.6 Å². The SMILES string of the molecule is Cc1[nH]ncc1CCCNC(=O)C(C)C1CNC1. The van der Waals surface area contributed by atoms with Gasteiger partial charge in [0.15, 0.2) is 0 Å². The highest BCUT2D eigenvalue weighted by Gasteiger charge is 2.28. The van der Waals surface area contributed by atoms with Crippen molar-refractivity contribution >= 4 is 5.91 Å². The Hall–Kier alpha value is -1.36. The van der Waals surface area contributed by atoms with Crippen LogP contribution in [0.4, 0.5) is 0 Å². The van der Waals surface area contributed by atoms with Gasteiger partial charge in [-0.25, -0.2) is 0 Å². The lowest BCUT2D eigenvalue weighted by Crippen LogP contribution is -2.49. The van der Waals surface area contributed by atoms with Gasteiger partial charge in [0.2, 0.25) is 5.91 Å². The van der Waals surface area contributed by atoms with Gasteiger partial charge < -0.3 is 10.6 Å². The smallest absolute Gasteiger partial charge is 0.223 e. The Morgan fingerprint density at radius 2 is 2.39 bits per heavy atom. The summed E-state index contributed by atoms with van der Waals surface area (Å²) < 4.78 is 0. The van der Waals surface area contributed by atoms with Crippen LogP contribution in [0.3, 0.4) is 0 Å². The molecule has 1 saturated heterocycles. The van der Waals surface area contributed by atoms with Gasteiger partial charge in [-0.15, -0.1) is 0 Å². The van der Waals surface area contributed by atoms with E-state index in [1.807, 2.05) is 20.0 Å². The number of nitrogens with zero attached hydrogens (tertiary/aromatic N) is 1. The summed E-state index contributed by atoms with van der Waals surface area (Å²) in [6.45, 7) is 6.73. The number of H-pyrrole nitrogens is 1. The molecular formula is C13H22N4O. The molecular weight excluding hydrogens is 228 g/mol. The van der Waals surface area contributed by atoms with Gasteiger partial charge in [0.25, 0.3) is 0 Å². The summed E-state index contributed by atoms with van der Waals surface area (Å²) in [7, 11) is 0. The first-order valence-electron chi connectivity index (χ1n) is 6.65. The van der Waals surface area contributed by atoms with E-state index in [1.54, 1.807) is 0 Å². The van der Waals surface area contributed by atoms with Gasteiger partial charge in [0, 0.05) is 18.2 Å². The van der Waals surface area contributed by atoms with Crippen molar-refractivity contribution in [2.24, 2.45) is 11.8 Å². The van der Waals surface area contributed by atoms with E-state index in [4.69, 9.17) is 0 Å². The minimum atomic E-state index is 0.127. The standard InChI is InChI=1S/C13H22N4O/c1-9(12-6-14-7-12)13(18)15-5-3-4-11-8-16-17-10(11)2/h8-9,12,14H,3-7H2,1-2H3,(H,15,18)(H,16,17). The number of aromatic amines is 1. The molecule has 0 bridgehead atoms. The highest BCUT2D eigenvalue weighted by atomic mass is 16.1. The summed E-state index contributed by atoms with van der Waals surface area (Å²) in [6.07, 6.45) is 3.78. The topological polar surface area (TPSA) is 69.8 Å². The van der Waals surface area contributed by atoms with Crippen LogP contribution in [0.15, 0.2) is 6.20 Å². The molecule has 1 fully saturated rings. The Morgan fingerprint density at radius 1 is 1.61 bits per heavy atom. The van der Waals surface area contributed by atoms with Crippen LogP contribution in [-0.2, 0) is 11.2 Å². The van der Waals surface area contributed by atoms with Gasteiger partial charge in [0.05, 0.1) is 6.20 Å². The molecule has 1 atom stereocenters. The summed E-state index contributed by atoms with van der Waals surface area (Å²) in [6, 6.07) is 0. The predicted molar refractivity (Wildman–Crippen MR) is 70.2 cm³/mol. The molecule has 0 aliphatic carbocycles. The molecule has 100 valence electrons. The summed E-state index contributed by atoms with van der Waals surface area (Å²) in [5.74, 6) is 0.827. The maximum Gasteiger partial charge on any atom is 0.223 e. The minimum absolute atomic E-state index is 0.127. The van der Waals surface area contributed by atoms with Gasteiger partial charge in [-0.2, -0.15) is 5.10 Å². The van der Waals surface area contributed by atoms with Gasteiger partial charge in [-0.3, -0.25) is 9.89 Å². The third kappa shape index (κ3) is 3.10. The van der Waals surface area contributed by atoms with Crippen molar-refractivity contribution in [1.82, 2.24) is 20.8 Å². The molecule has 5 heteroatoms. The molecule has 0 spiro atoms. The van der Waals surface area contributed by atoms with Crippen LogP contribution in [0.25, 0.3) is 0 Å². The summed E-state index contributed by atoms with van der Waals surface area (Å²) in [4.78, 5) is 11.8. The number of hydrogen-bond donors (Lipinski definition) is 3. The number of nitrogens with one attached hydrogen (secondary N) is 3. The summed E-state index contributed by atoms with van der Waals surface area (Å²) in [5.41, 5.74) is 2.36. The van der Waals surface area contributed by atoms with E-state index in [1.165, 1.54) is 5.56 Å². The zero-order valence-electron chi connectivity index (χ0n) is 11.1. The average molecular weight is 250 g/mol. The first-order chi connectivity index (χ1) is 8.68. The van der Waals surface area contributed by atoms with E-state index < -0.39 is 0 Å². The number of aryl methyl sites for hydroxylation is 2. The Bertz CT molecular complexity index is 397. The van der Waals surface area contributed by atoms with E-state index in [-0.39, 0.29) is 11.8 Å². The number of carbonyl (C=O) groups is 1. The summed E-state index contributed by atoms with van der Waals surface area (Å²) >= 11 is 0. The quantitative estimate of drug-likeness (QED) is 0.648. The van der Waals surface area contributed by atoms with Crippen LogP contribution in [0.2, 0.25) is 0 Å². The number of rotatable bonds is 6. The largest absolute Gasteiger partial charge is 0.356 e. The lowest BCUT2D eigenvalue weighted by Gasteiger charge is -2.31. The molecule has 18 heavy (non-hydrogen) atoms. The lowest BCUT2D eigenvalue weighted by atomic mass is 9.88. The van der Waals surface area contributed by atoms with Crippen molar-refractivity contribution in [3.8, 4) is 0 Å². The molecule has 1 aliphatic heterocycles. The van der Waals surface area contributed by atoms with E-state index in [9.17, 15) is 4.79 Å². The molecule has 5 nitrogen and oxygen atoms in total. The van der Waals surface area contributed by atoms with Crippen molar-refractivity contribution in [2.45, 2.75) is 26.7 Å². The fraction of sp³-hybridized carbons (Fsp3) is 0.692. The van der Waals surface area contributed by atoms with E-state index in [0.29, 0.717) is 5.92 Å². The summed E-state index contributed by atoms with van der Waals surface area (Å²) in [5, 5.41) is 13.1. The molecule has 0 radical (unpaired) electrons. The van der Waals surface area contributed by atoms with Crippen molar-refractivity contribution < 1.29 is 4.79 Å². The maximum atomic E-state index is 11.8. The Kier molecular flexibility index (Phi) is 4.36. The molecule has 3 N–H and O–H groups in total. The molecule has 2 heterocycles. The fourth-order valence-corrected chi connectivity index (χ4v) is 2.16. The van der Waals surface area contributed by atoms with E-state index in [2.05, 4.69) is 20.8 Å². The van der Waals surface area contributed by atoms with Gasteiger partial charge in [-0.1, -0.05) is 6.92 Å². The first kappa shape index (κ1) is 13.1. The van der Waals surface area contributed by atoms with Gasteiger partial charge in [0.1, 0.15) is 0 Å². The molecule has 1 aromatic heterocycles. The predicted octanol–water partition coefficient (Wildman–Crippen LogP) is 0.622. The van der Waals surface area contributed by atoms with Crippen LogP contribution in [0, 0.1) is 18.8 Å². The molecule has 1 amide bonds. The normalized spacial score (nSPS) is 17.2. The molecule has 1 aliphatic rings. The van der Waals surface area contributed by atoms with E-state index in [0.717, 1.165) is 38.2 Å². The molecule has 1 aromatic rings. The molecule has 2 rings (SSSR count). The number of aromatic nitrogens is 2. The van der Waals surface area contributed by atoms with Gasteiger partial charge in [-0.05, 0) is 44.3 Å². The monoisotopic (exact) mass is 250 g/mol. The first-order valence-corrected chi connectivity index (χ1v) is 6.65. The lowest BCUT2D eigenvalue weighted by molar-refractivity contribution is -0.126. The molecule has 1 unspecified atom stereocenters. The number of hydrogen-bond acceptors (Lipinski definition) is 3. The van der Waals surface area contributed by atoms with Crippen LogP contribution >= 0.6 is 0 Å². The zero-order valence-corrected chi connectivity index (χ0v) is 11.1. The van der Waals surface area contributed by atoms with Crippen molar-refractivity contribution in [3.05, 3.63) is 17.5 Å². The Labute approximate surface area is 108 Å². The van der Waals surface area contributed by atoms with Gasteiger partial charge >= 0.3 is 0 Å². The number of amides is 1. The highest BCUT2D eigenvalue weighted by Crippen LogP contribution is 2.15. The second-order valence-corrected chi connectivity index (χ2v) is 5.12. The van der Waals surface area contributed by atoms with Crippen LogP contribution < -0.4 is 10.6 Å². The second kappa shape index (κ2) is 6.00. The van der Waals surface area contributed by atoms with Crippen LogP contribution in [-0.4, -0.2) is 35.7 Å². The van der Waals surface area contributed by atoms with Crippen LogP contribution in [0.5, 0.6) is 0 Å². The highest BCUT2D eigenvalue weighted by molar-refractivity contribution is 5.78. The third-order valence-corrected chi connectivity index (χ3v) is 3.79. The third-order valence-electron chi connectivity index (χ3n) is 3.79. The van der Waals surface area contributed by atoms with Crippen molar-refractivity contribution in [2.75, 3.05) is 19.6 Å². The molecule has 0 aromatic carbocycles. The average Bonchev–Trinajstić information content (AvgIpc) is 2.67.